The van der Waals surface area contributed by atoms with Gasteiger partial charge in [0.15, 0.2) is 0 Å². The molecule has 23 heavy (non-hydrogen) atoms. The third-order valence-electron chi connectivity index (χ3n) is 3.29. The molecule has 0 fully saturated rings. The summed E-state index contributed by atoms with van der Waals surface area (Å²) in [7, 11) is 1.63. The van der Waals surface area contributed by atoms with Crippen molar-refractivity contribution in [3.05, 3.63) is 52.3 Å². The average Bonchev–Trinajstić information content (AvgIpc) is 2.88. The fraction of sp³-hybridized carbons (Fsp3) is 0.294. The molecule has 122 valence electrons. The molecule has 5 nitrogen and oxygen atoms in total. The molecule has 1 heterocycles. The van der Waals surface area contributed by atoms with Crippen LogP contribution in [0.1, 0.15) is 17.7 Å². The molecule has 6 heteroatoms. The summed E-state index contributed by atoms with van der Waals surface area (Å²) in [4.78, 5) is 11.8. The van der Waals surface area contributed by atoms with Crippen LogP contribution in [0.3, 0.4) is 0 Å². The summed E-state index contributed by atoms with van der Waals surface area (Å²) in [6, 6.07) is 7.53. The molecule has 1 aromatic carbocycles. The molecule has 0 aliphatic carbocycles. The van der Waals surface area contributed by atoms with E-state index in [4.69, 9.17) is 4.74 Å². The van der Waals surface area contributed by atoms with Gasteiger partial charge in [-0.05, 0) is 53.0 Å². The fourth-order valence-electron chi connectivity index (χ4n) is 2.01. The summed E-state index contributed by atoms with van der Waals surface area (Å²) in [6.07, 6.45) is 6.09. The minimum absolute atomic E-state index is 0.0985. The maximum atomic E-state index is 11.8. The number of amides is 1. The fourth-order valence-corrected chi connectivity index (χ4v) is 2.32. The summed E-state index contributed by atoms with van der Waals surface area (Å²) in [5.41, 5.74) is 1.93. The van der Waals surface area contributed by atoms with E-state index in [1.807, 2.05) is 42.1 Å². The Morgan fingerprint density at radius 3 is 2.74 bits per heavy atom. The minimum Gasteiger partial charge on any atom is -0.497 e. The second-order valence-electron chi connectivity index (χ2n) is 5.08. The number of aromatic nitrogens is 2. The summed E-state index contributed by atoms with van der Waals surface area (Å²) in [5.74, 6) is 0.700. The molecule has 0 atom stereocenters. The lowest BCUT2D eigenvalue weighted by molar-refractivity contribution is -0.116. The van der Waals surface area contributed by atoms with Gasteiger partial charge in [-0.25, -0.2) is 0 Å². The highest BCUT2D eigenvalue weighted by Gasteiger charge is 2.01. The number of aryl methyl sites for hydroxylation is 2. The van der Waals surface area contributed by atoms with Crippen molar-refractivity contribution >= 4 is 27.9 Å². The van der Waals surface area contributed by atoms with Crippen LogP contribution in [0, 0.1) is 6.92 Å². The van der Waals surface area contributed by atoms with Gasteiger partial charge >= 0.3 is 0 Å². The van der Waals surface area contributed by atoms with Crippen molar-refractivity contribution in [1.82, 2.24) is 15.1 Å². The molecule has 0 aliphatic heterocycles. The molecule has 0 saturated heterocycles. The first-order valence-corrected chi connectivity index (χ1v) is 8.17. The first-order valence-electron chi connectivity index (χ1n) is 7.38. The Labute approximate surface area is 144 Å². The Morgan fingerprint density at radius 1 is 1.39 bits per heavy atom. The Bertz CT molecular complexity index is 658. The molecule has 0 spiro atoms. The maximum absolute atomic E-state index is 11.8. The largest absolute Gasteiger partial charge is 0.497 e. The standard InChI is InChI=1S/C17H20BrN3O2/c1-13-16(18)12-21(20-13)11-3-10-19-17(22)9-6-14-4-7-15(23-2)8-5-14/h4-9,12H,3,10-11H2,1-2H3,(H,19,22)/b9-6+. The lowest BCUT2D eigenvalue weighted by Gasteiger charge is -2.03. The van der Waals surface area contributed by atoms with Gasteiger partial charge in [0.05, 0.1) is 17.3 Å². The molecular weight excluding hydrogens is 358 g/mol. The molecule has 1 aromatic heterocycles. The number of hydrogen-bond donors (Lipinski definition) is 1. The van der Waals surface area contributed by atoms with Gasteiger partial charge in [-0.2, -0.15) is 5.10 Å². The minimum atomic E-state index is -0.0985. The topological polar surface area (TPSA) is 56.1 Å². The molecule has 0 radical (unpaired) electrons. The second kappa shape index (κ2) is 8.53. The van der Waals surface area contributed by atoms with Crippen LogP contribution in [0.15, 0.2) is 41.0 Å². The number of nitrogens with one attached hydrogen (secondary N) is 1. The van der Waals surface area contributed by atoms with Crippen molar-refractivity contribution in [3.8, 4) is 5.75 Å². The first kappa shape index (κ1) is 17.3. The zero-order valence-electron chi connectivity index (χ0n) is 13.3. The van der Waals surface area contributed by atoms with Crippen LogP contribution < -0.4 is 10.1 Å². The number of carbonyl (C=O) groups is 1. The highest BCUT2D eigenvalue weighted by Crippen LogP contribution is 2.13. The van der Waals surface area contributed by atoms with Crippen LogP contribution in [0.2, 0.25) is 0 Å². The second-order valence-corrected chi connectivity index (χ2v) is 5.93. The SMILES string of the molecule is COc1ccc(/C=C/C(=O)NCCCn2cc(Br)c(C)n2)cc1. The summed E-state index contributed by atoms with van der Waals surface area (Å²) in [5, 5.41) is 7.21. The first-order chi connectivity index (χ1) is 11.1. The van der Waals surface area contributed by atoms with E-state index < -0.39 is 0 Å². The normalized spacial score (nSPS) is 10.9. The summed E-state index contributed by atoms with van der Waals surface area (Å²) >= 11 is 3.43. The van der Waals surface area contributed by atoms with E-state index in [9.17, 15) is 4.79 Å². The third kappa shape index (κ3) is 5.56. The zero-order valence-corrected chi connectivity index (χ0v) is 14.8. The number of carbonyl (C=O) groups excluding carboxylic acids is 1. The van der Waals surface area contributed by atoms with Crippen LogP contribution in [-0.4, -0.2) is 29.3 Å². The molecule has 2 rings (SSSR count). The van der Waals surface area contributed by atoms with E-state index in [1.165, 1.54) is 6.08 Å². The number of ether oxygens (including phenoxy) is 1. The highest BCUT2D eigenvalue weighted by atomic mass is 79.9. The molecule has 0 bridgehead atoms. The van der Waals surface area contributed by atoms with Crippen LogP contribution in [0.4, 0.5) is 0 Å². The Hall–Kier alpha value is -2.08. The Balaban J connectivity index is 1.70. The average molecular weight is 378 g/mol. The smallest absolute Gasteiger partial charge is 0.244 e. The van der Waals surface area contributed by atoms with Crippen molar-refractivity contribution in [2.75, 3.05) is 13.7 Å². The van der Waals surface area contributed by atoms with Crippen LogP contribution in [0.25, 0.3) is 6.08 Å². The summed E-state index contributed by atoms with van der Waals surface area (Å²) in [6.45, 7) is 3.34. The quantitative estimate of drug-likeness (QED) is 0.595. The Kier molecular flexibility index (Phi) is 6.40. The maximum Gasteiger partial charge on any atom is 0.244 e. The van der Waals surface area contributed by atoms with Gasteiger partial charge in [0, 0.05) is 25.4 Å². The van der Waals surface area contributed by atoms with Crippen molar-refractivity contribution in [2.24, 2.45) is 0 Å². The number of hydrogen-bond acceptors (Lipinski definition) is 3. The number of methoxy groups -OCH3 is 1. The molecule has 1 amide bonds. The van der Waals surface area contributed by atoms with E-state index in [0.717, 1.165) is 34.4 Å². The molecule has 2 aromatic rings. The van der Waals surface area contributed by atoms with E-state index in [2.05, 4.69) is 26.3 Å². The lowest BCUT2D eigenvalue weighted by atomic mass is 10.2. The van der Waals surface area contributed by atoms with E-state index in [1.54, 1.807) is 13.2 Å². The van der Waals surface area contributed by atoms with Crippen molar-refractivity contribution in [2.45, 2.75) is 19.9 Å². The number of nitrogens with zero attached hydrogens (tertiary/aromatic N) is 2. The number of halogens is 1. The molecule has 0 saturated carbocycles. The molecule has 1 N–H and O–H groups in total. The van der Waals surface area contributed by atoms with Crippen LogP contribution in [-0.2, 0) is 11.3 Å². The van der Waals surface area contributed by atoms with Crippen LogP contribution in [0.5, 0.6) is 5.75 Å². The van der Waals surface area contributed by atoms with Gasteiger partial charge in [0.1, 0.15) is 5.75 Å². The van der Waals surface area contributed by atoms with Gasteiger partial charge in [-0.15, -0.1) is 0 Å². The van der Waals surface area contributed by atoms with Crippen LogP contribution >= 0.6 is 15.9 Å². The third-order valence-corrected chi connectivity index (χ3v) is 4.07. The number of benzene rings is 1. The van der Waals surface area contributed by atoms with Gasteiger partial charge < -0.3 is 10.1 Å². The van der Waals surface area contributed by atoms with E-state index in [0.29, 0.717) is 6.54 Å². The van der Waals surface area contributed by atoms with Gasteiger partial charge in [0.25, 0.3) is 0 Å². The van der Waals surface area contributed by atoms with Crippen molar-refractivity contribution in [3.63, 3.8) is 0 Å². The Morgan fingerprint density at radius 2 is 2.13 bits per heavy atom. The predicted octanol–water partition coefficient (Wildman–Crippen LogP) is 3.18. The van der Waals surface area contributed by atoms with Crippen molar-refractivity contribution < 1.29 is 9.53 Å². The van der Waals surface area contributed by atoms with Gasteiger partial charge in [-0.1, -0.05) is 12.1 Å². The molecule has 0 unspecified atom stereocenters. The van der Waals surface area contributed by atoms with Crippen molar-refractivity contribution in [1.29, 1.82) is 0 Å². The van der Waals surface area contributed by atoms with Gasteiger partial charge in [-0.3, -0.25) is 9.48 Å². The predicted molar refractivity (Wildman–Crippen MR) is 94.3 cm³/mol. The number of rotatable bonds is 7. The summed E-state index contributed by atoms with van der Waals surface area (Å²) < 4.78 is 7.97. The molecular formula is C17H20BrN3O2. The van der Waals surface area contributed by atoms with E-state index in [-0.39, 0.29) is 5.91 Å². The lowest BCUT2D eigenvalue weighted by Crippen LogP contribution is -2.23. The zero-order chi connectivity index (χ0) is 16.7. The highest BCUT2D eigenvalue weighted by molar-refractivity contribution is 9.10. The molecule has 0 aliphatic rings. The van der Waals surface area contributed by atoms with Gasteiger partial charge in [0.2, 0.25) is 5.91 Å². The monoisotopic (exact) mass is 377 g/mol. The van der Waals surface area contributed by atoms with E-state index >= 15 is 0 Å².